The van der Waals surface area contributed by atoms with Crippen molar-refractivity contribution in [2.45, 2.75) is 18.9 Å². The van der Waals surface area contributed by atoms with Gasteiger partial charge in [-0.3, -0.25) is 0 Å². The summed E-state index contributed by atoms with van der Waals surface area (Å²) < 4.78 is 4.78. The van der Waals surface area contributed by atoms with Gasteiger partial charge < -0.3 is 9.64 Å². The lowest BCUT2D eigenvalue weighted by atomic mass is 10.2. The summed E-state index contributed by atoms with van der Waals surface area (Å²) in [6, 6.07) is 5.26. The molecule has 1 fully saturated rings. The zero-order chi connectivity index (χ0) is 12.3. The molecular weight excluding hydrogens is 218 g/mol. The highest BCUT2D eigenvalue weighted by molar-refractivity contribution is 5.80. The van der Waals surface area contributed by atoms with Crippen molar-refractivity contribution in [1.29, 1.82) is 5.26 Å². The Morgan fingerprint density at radius 3 is 3.24 bits per heavy atom. The first-order valence-electron chi connectivity index (χ1n) is 5.47. The molecule has 2 heterocycles. The number of carbonyl (C=O) groups excluding carboxylic acids is 1. The highest BCUT2D eigenvalue weighted by atomic mass is 16.5. The number of pyridine rings is 1. The lowest BCUT2D eigenvalue weighted by molar-refractivity contribution is -0.141. The number of nitrogens with zero attached hydrogens (tertiary/aromatic N) is 3. The van der Waals surface area contributed by atoms with Gasteiger partial charge in [0.15, 0.2) is 0 Å². The molecule has 0 bridgehead atoms. The molecule has 0 saturated carbocycles. The summed E-state index contributed by atoms with van der Waals surface area (Å²) in [5, 5.41) is 8.80. The fourth-order valence-electron chi connectivity index (χ4n) is 2.12. The third-order valence-corrected chi connectivity index (χ3v) is 2.92. The maximum absolute atomic E-state index is 11.6. The van der Waals surface area contributed by atoms with E-state index in [4.69, 9.17) is 10.00 Å². The molecule has 88 valence electrons. The predicted octanol–water partition coefficient (Wildman–Crippen LogP) is 1.10. The second-order valence-electron chi connectivity index (χ2n) is 3.89. The summed E-state index contributed by atoms with van der Waals surface area (Å²) in [5.41, 5.74) is 1.21. The summed E-state index contributed by atoms with van der Waals surface area (Å²) in [5.74, 6) is -0.224. The van der Waals surface area contributed by atoms with E-state index < -0.39 is 0 Å². The molecule has 1 saturated heterocycles. The Balaban J connectivity index is 2.26. The molecule has 1 aliphatic rings. The summed E-state index contributed by atoms with van der Waals surface area (Å²) in [6.45, 7) is 0.800. The van der Waals surface area contributed by atoms with Gasteiger partial charge in [-0.15, -0.1) is 0 Å². The van der Waals surface area contributed by atoms with E-state index in [2.05, 4.69) is 4.98 Å². The number of hydrogen-bond acceptors (Lipinski definition) is 5. The molecule has 17 heavy (non-hydrogen) atoms. The van der Waals surface area contributed by atoms with Crippen molar-refractivity contribution < 1.29 is 9.53 Å². The quantitative estimate of drug-likeness (QED) is 0.713. The number of nitriles is 1. The van der Waals surface area contributed by atoms with E-state index in [1.54, 1.807) is 12.3 Å². The molecule has 1 aromatic heterocycles. The number of ether oxygens (including phenoxy) is 1. The predicted molar refractivity (Wildman–Crippen MR) is 61.3 cm³/mol. The van der Waals surface area contributed by atoms with Gasteiger partial charge in [0, 0.05) is 18.4 Å². The van der Waals surface area contributed by atoms with E-state index in [-0.39, 0.29) is 12.0 Å². The average Bonchev–Trinajstić information content (AvgIpc) is 2.87. The van der Waals surface area contributed by atoms with Crippen molar-refractivity contribution in [2.75, 3.05) is 18.6 Å². The molecule has 5 heteroatoms. The van der Waals surface area contributed by atoms with Gasteiger partial charge in [0.05, 0.1) is 7.11 Å². The molecule has 0 spiro atoms. The smallest absolute Gasteiger partial charge is 0.328 e. The topological polar surface area (TPSA) is 66.2 Å². The van der Waals surface area contributed by atoms with Crippen LogP contribution in [-0.2, 0) is 9.53 Å². The number of hydrogen-bond donors (Lipinski definition) is 0. The van der Waals surface area contributed by atoms with Crippen LogP contribution in [0.4, 0.5) is 5.69 Å². The Hall–Kier alpha value is -2.09. The molecule has 0 amide bonds. The van der Waals surface area contributed by atoms with Crippen molar-refractivity contribution in [3.05, 3.63) is 24.0 Å². The average molecular weight is 231 g/mol. The standard InChI is InChI=1S/C12H13N3O2/c1-17-12(16)11-3-2-6-15(11)10-4-5-14-9(7-10)8-13/h4-5,7,11H,2-3,6H2,1H3. The van der Waals surface area contributed by atoms with Gasteiger partial charge in [-0.1, -0.05) is 0 Å². The fraction of sp³-hybridized carbons (Fsp3) is 0.417. The first-order chi connectivity index (χ1) is 8.26. The molecule has 0 N–H and O–H groups in total. The first-order valence-corrected chi connectivity index (χ1v) is 5.47. The van der Waals surface area contributed by atoms with Crippen LogP contribution in [0.2, 0.25) is 0 Å². The molecular formula is C12H13N3O2. The third kappa shape index (κ3) is 2.21. The molecule has 0 aliphatic carbocycles. The van der Waals surface area contributed by atoms with Crippen molar-refractivity contribution in [3.63, 3.8) is 0 Å². The van der Waals surface area contributed by atoms with Gasteiger partial charge >= 0.3 is 5.97 Å². The number of aromatic nitrogens is 1. The zero-order valence-corrected chi connectivity index (χ0v) is 9.59. The minimum Gasteiger partial charge on any atom is -0.467 e. The second kappa shape index (κ2) is 4.83. The zero-order valence-electron chi connectivity index (χ0n) is 9.59. The Morgan fingerprint density at radius 2 is 2.53 bits per heavy atom. The van der Waals surface area contributed by atoms with Crippen LogP contribution in [-0.4, -0.2) is 30.6 Å². The van der Waals surface area contributed by atoms with Crippen LogP contribution in [0.15, 0.2) is 18.3 Å². The van der Waals surface area contributed by atoms with Crippen LogP contribution in [0.25, 0.3) is 0 Å². The van der Waals surface area contributed by atoms with Gasteiger partial charge in [-0.2, -0.15) is 5.26 Å². The molecule has 0 aromatic carbocycles. The number of anilines is 1. The van der Waals surface area contributed by atoms with Gasteiger partial charge in [0.2, 0.25) is 0 Å². The third-order valence-electron chi connectivity index (χ3n) is 2.92. The minimum absolute atomic E-state index is 0.224. The Morgan fingerprint density at radius 1 is 1.71 bits per heavy atom. The van der Waals surface area contributed by atoms with E-state index >= 15 is 0 Å². The molecule has 5 nitrogen and oxygen atoms in total. The number of rotatable bonds is 2. The highest BCUT2D eigenvalue weighted by Gasteiger charge is 2.31. The molecule has 1 atom stereocenters. The molecule has 1 aliphatic heterocycles. The van der Waals surface area contributed by atoms with Crippen molar-refractivity contribution in [2.24, 2.45) is 0 Å². The molecule has 0 radical (unpaired) electrons. The monoisotopic (exact) mass is 231 g/mol. The lowest BCUT2D eigenvalue weighted by Crippen LogP contribution is -2.36. The number of carbonyl (C=O) groups is 1. The molecule has 2 rings (SSSR count). The summed E-state index contributed by atoms with van der Waals surface area (Å²) in [4.78, 5) is 17.5. The second-order valence-corrected chi connectivity index (χ2v) is 3.89. The highest BCUT2D eigenvalue weighted by Crippen LogP contribution is 2.26. The minimum atomic E-state index is -0.242. The Bertz CT molecular complexity index is 467. The SMILES string of the molecule is COC(=O)C1CCCN1c1ccnc(C#N)c1. The van der Waals surface area contributed by atoms with E-state index in [9.17, 15) is 4.79 Å². The van der Waals surface area contributed by atoms with Gasteiger partial charge in [0.25, 0.3) is 0 Å². The summed E-state index contributed by atoms with van der Waals surface area (Å²) >= 11 is 0. The maximum atomic E-state index is 11.6. The van der Waals surface area contributed by atoms with E-state index in [1.807, 2.05) is 17.0 Å². The van der Waals surface area contributed by atoms with Gasteiger partial charge in [0.1, 0.15) is 17.8 Å². The van der Waals surface area contributed by atoms with E-state index in [1.165, 1.54) is 7.11 Å². The van der Waals surface area contributed by atoms with Crippen LogP contribution in [0.5, 0.6) is 0 Å². The van der Waals surface area contributed by atoms with Crippen LogP contribution in [0, 0.1) is 11.3 Å². The van der Waals surface area contributed by atoms with Gasteiger partial charge in [-0.25, -0.2) is 9.78 Å². The lowest BCUT2D eigenvalue weighted by Gasteiger charge is -2.24. The molecule has 1 aromatic rings. The number of esters is 1. The Labute approximate surface area is 99.6 Å². The van der Waals surface area contributed by atoms with Crippen LogP contribution in [0.1, 0.15) is 18.5 Å². The Kier molecular flexibility index (Phi) is 3.24. The van der Waals surface area contributed by atoms with Crippen LogP contribution >= 0.6 is 0 Å². The van der Waals surface area contributed by atoms with E-state index in [0.29, 0.717) is 5.69 Å². The van der Waals surface area contributed by atoms with Crippen molar-refractivity contribution in [3.8, 4) is 6.07 Å². The van der Waals surface area contributed by atoms with E-state index in [0.717, 1.165) is 25.1 Å². The largest absolute Gasteiger partial charge is 0.467 e. The maximum Gasteiger partial charge on any atom is 0.328 e. The van der Waals surface area contributed by atoms with Crippen LogP contribution in [0.3, 0.4) is 0 Å². The fourth-order valence-corrected chi connectivity index (χ4v) is 2.12. The molecule has 1 unspecified atom stereocenters. The number of methoxy groups -OCH3 is 1. The summed E-state index contributed by atoms with van der Waals surface area (Å²) in [7, 11) is 1.39. The normalized spacial score (nSPS) is 18.8. The van der Waals surface area contributed by atoms with Crippen molar-refractivity contribution in [1.82, 2.24) is 4.98 Å². The van der Waals surface area contributed by atoms with Crippen molar-refractivity contribution >= 4 is 11.7 Å². The van der Waals surface area contributed by atoms with Gasteiger partial charge in [-0.05, 0) is 25.0 Å². The van der Waals surface area contributed by atoms with Crippen LogP contribution < -0.4 is 4.90 Å². The first kappa shape index (κ1) is 11.4. The summed E-state index contributed by atoms with van der Waals surface area (Å²) in [6.07, 6.45) is 3.32.